The molecule has 0 aliphatic carbocycles. The SMILES string of the molecule is COc1ccc(NC(N)=NCCCc2ccc(O)cc2)cc1.I. The summed E-state index contributed by atoms with van der Waals surface area (Å²) in [6.07, 6.45) is 1.80. The van der Waals surface area contributed by atoms with Crippen LogP contribution in [0.2, 0.25) is 0 Å². The van der Waals surface area contributed by atoms with Crippen LogP contribution in [0.4, 0.5) is 5.69 Å². The minimum absolute atomic E-state index is 0. The number of nitrogens with zero attached hydrogens (tertiary/aromatic N) is 1. The van der Waals surface area contributed by atoms with E-state index in [1.54, 1.807) is 19.2 Å². The molecule has 0 fully saturated rings. The van der Waals surface area contributed by atoms with Crippen LogP contribution in [-0.2, 0) is 6.42 Å². The second-order valence-electron chi connectivity index (χ2n) is 4.89. The number of aliphatic imine (C=N–C) groups is 1. The maximum Gasteiger partial charge on any atom is 0.193 e. The number of methoxy groups -OCH3 is 1. The van der Waals surface area contributed by atoms with Crippen molar-refractivity contribution in [1.82, 2.24) is 0 Å². The second kappa shape index (κ2) is 9.94. The lowest BCUT2D eigenvalue weighted by Gasteiger charge is -2.06. The lowest BCUT2D eigenvalue weighted by molar-refractivity contribution is 0.415. The van der Waals surface area contributed by atoms with Crippen LogP contribution in [0.25, 0.3) is 0 Å². The number of nitrogens with one attached hydrogen (secondary N) is 1. The minimum atomic E-state index is 0. The number of guanidine groups is 1. The molecule has 0 atom stereocenters. The van der Waals surface area contributed by atoms with Crippen molar-refractivity contribution < 1.29 is 9.84 Å². The Kier molecular flexibility index (Phi) is 8.25. The van der Waals surface area contributed by atoms with Crippen molar-refractivity contribution in [2.45, 2.75) is 12.8 Å². The van der Waals surface area contributed by atoms with Gasteiger partial charge in [-0.2, -0.15) is 0 Å². The van der Waals surface area contributed by atoms with E-state index in [-0.39, 0.29) is 29.7 Å². The molecule has 23 heavy (non-hydrogen) atoms. The highest BCUT2D eigenvalue weighted by atomic mass is 127. The molecular weight excluding hydrogens is 405 g/mol. The number of aromatic hydroxyl groups is 1. The molecule has 0 unspecified atom stereocenters. The smallest absolute Gasteiger partial charge is 0.193 e. The Bertz CT molecular complexity index is 613. The Morgan fingerprint density at radius 1 is 1.13 bits per heavy atom. The van der Waals surface area contributed by atoms with E-state index in [2.05, 4.69) is 10.3 Å². The monoisotopic (exact) mass is 427 g/mol. The maximum atomic E-state index is 9.22. The average Bonchev–Trinajstić information content (AvgIpc) is 2.54. The van der Waals surface area contributed by atoms with Gasteiger partial charge in [-0.3, -0.25) is 4.99 Å². The molecule has 0 radical (unpaired) electrons. The fraction of sp³-hybridized carbons (Fsp3) is 0.235. The van der Waals surface area contributed by atoms with Gasteiger partial charge in [0.05, 0.1) is 7.11 Å². The van der Waals surface area contributed by atoms with E-state index in [0.717, 1.165) is 24.3 Å². The van der Waals surface area contributed by atoms with Gasteiger partial charge in [0.1, 0.15) is 11.5 Å². The Morgan fingerprint density at radius 2 is 1.78 bits per heavy atom. The number of nitrogens with two attached hydrogens (primary N) is 1. The first-order valence-corrected chi connectivity index (χ1v) is 7.16. The summed E-state index contributed by atoms with van der Waals surface area (Å²) in [7, 11) is 1.63. The fourth-order valence-corrected chi connectivity index (χ4v) is 2.01. The molecule has 124 valence electrons. The van der Waals surface area contributed by atoms with E-state index in [0.29, 0.717) is 12.5 Å². The standard InChI is InChI=1S/C17H21N3O2.HI/c1-22-16-10-6-14(7-11-16)20-17(18)19-12-2-3-13-4-8-15(21)9-5-13;/h4-11,21H,2-3,12H2,1H3,(H3,18,19,20);1H. The number of hydrogen-bond acceptors (Lipinski definition) is 3. The van der Waals surface area contributed by atoms with Crippen molar-refractivity contribution >= 4 is 35.6 Å². The van der Waals surface area contributed by atoms with E-state index >= 15 is 0 Å². The molecule has 0 amide bonds. The number of halogens is 1. The van der Waals surface area contributed by atoms with Crippen molar-refractivity contribution in [3.8, 4) is 11.5 Å². The van der Waals surface area contributed by atoms with Crippen molar-refractivity contribution in [2.75, 3.05) is 19.0 Å². The number of hydrogen-bond donors (Lipinski definition) is 3. The largest absolute Gasteiger partial charge is 0.508 e. The number of anilines is 1. The molecule has 0 aliphatic rings. The third-order valence-electron chi connectivity index (χ3n) is 3.20. The van der Waals surface area contributed by atoms with Gasteiger partial charge < -0.3 is 20.9 Å². The molecule has 0 saturated heterocycles. The molecule has 0 saturated carbocycles. The van der Waals surface area contributed by atoms with Crippen LogP contribution in [-0.4, -0.2) is 24.7 Å². The Balaban J connectivity index is 0.00000264. The Hall–Kier alpha value is -1.96. The van der Waals surface area contributed by atoms with Gasteiger partial charge in [0.25, 0.3) is 0 Å². The molecule has 0 aliphatic heterocycles. The second-order valence-corrected chi connectivity index (χ2v) is 4.89. The van der Waals surface area contributed by atoms with E-state index in [9.17, 15) is 5.11 Å². The first-order chi connectivity index (χ1) is 10.7. The van der Waals surface area contributed by atoms with Gasteiger partial charge >= 0.3 is 0 Å². The molecule has 6 heteroatoms. The van der Waals surface area contributed by atoms with Gasteiger partial charge in [-0.25, -0.2) is 0 Å². The zero-order chi connectivity index (χ0) is 15.8. The molecule has 0 aromatic heterocycles. The van der Waals surface area contributed by atoms with Crippen LogP contribution in [0.5, 0.6) is 11.5 Å². The first-order valence-electron chi connectivity index (χ1n) is 7.16. The van der Waals surface area contributed by atoms with Gasteiger partial charge in [-0.1, -0.05) is 12.1 Å². The number of aryl methyl sites for hydroxylation is 1. The summed E-state index contributed by atoms with van der Waals surface area (Å²) in [5.74, 6) is 1.49. The molecule has 4 N–H and O–H groups in total. The molecule has 0 heterocycles. The molecule has 0 spiro atoms. The quantitative estimate of drug-likeness (QED) is 0.286. The third-order valence-corrected chi connectivity index (χ3v) is 3.20. The van der Waals surface area contributed by atoms with Crippen LogP contribution in [0.1, 0.15) is 12.0 Å². The van der Waals surface area contributed by atoms with Crippen LogP contribution in [0, 0.1) is 0 Å². The molecule has 2 aromatic carbocycles. The predicted molar refractivity (Wildman–Crippen MR) is 105 cm³/mol. The lowest BCUT2D eigenvalue weighted by Crippen LogP contribution is -2.22. The highest BCUT2D eigenvalue weighted by Gasteiger charge is 1.97. The molecule has 0 bridgehead atoms. The van der Waals surface area contributed by atoms with Gasteiger partial charge in [-0.05, 0) is 54.8 Å². The van der Waals surface area contributed by atoms with E-state index in [1.165, 1.54) is 5.56 Å². The number of phenolic OH excluding ortho intramolecular Hbond substituents is 1. The summed E-state index contributed by atoms with van der Waals surface area (Å²) < 4.78 is 5.10. The minimum Gasteiger partial charge on any atom is -0.508 e. The summed E-state index contributed by atoms with van der Waals surface area (Å²) in [6.45, 7) is 0.649. The van der Waals surface area contributed by atoms with Gasteiger partial charge in [0.15, 0.2) is 5.96 Å². The van der Waals surface area contributed by atoms with Gasteiger partial charge in [0, 0.05) is 12.2 Å². The molecular formula is C17H22IN3O2. The maximum absolute atomic E-state index is 9.22. The summed E-state index contributed by atoms with van der Waals surface area (Å²) in [5.41, 5.74) is 7.90. The average molecular weight is 427 g/mol. The van der Waals surface area contributed by atoms with Crippen LogP contribution >= 0.6 is 24.0 Å². The van der Waals surface area contributed by atoms with Crippen molar-refractivity contribution in [1.29, 1.82) is 0 Å². The van der Waals surface area contributed by atoms with Crippen molar-refractivity contribution in [2.24, 2.45) is 10.7 Å². The number of benzene rings is 2. The molecule has 2 aromatic rings. The Morgan fingerprint density at radius 3 is 2.39 bits per heavy atom. The summed E-state index contributed by atoms with van der Waals surface area (Å²) in [6, 6.07) is 14.7. The van der Waals surface area contributed by atoms with Crippen molar-refractivity contribution in [3.63, 3.8) is 0 Å². The number of ether oxygens (including phenoxy) is 1. The van der Waals surface area contributed by atoms with Crippen molar-refractivity contribution in [3.05, 3.63) is 54.1 Å². The molecule has 5 nitrogen and oxygen atoms in total. The Labute approximate surface area is 153 Å². The van der Waals surface area contributed by atoms with E-state index in [1.807, 2.05) is 36.4 Å². The van der Waals surface area contributed by atoms with E-state index in [4.69, 9.17) is 10.5 Å². The predicted octanol–water partition coefficient (Wildman–Crippen LogP) is 3.38. The van der Waals surface area contributed by atoms with E-state index < -0.39 is 0 Å². The van der Waals surface area contributed by atoms with Gasteiger partial charge in [0.2, 0.25) is 0 Å². The van der Waals surface area contributed by atoms with Crippen LogP contribution < -0.4 is 15.8 Å². The number of phenols is 1. The summed E-state index contributed by atoms with van der Waals surface area (Å²) in [5, 5.41) is 12.3. The molecule has 2 rings (SSSR count). The topological polar surface area (TPSA) is 79.9 Å². The highest BCUT2D eigenvalue weighted by Crippen LogP contribution is 2.14. The van der Waals surface area contributed by atoms with Gasteiger partial charge in [-0.15, -0.1) is 24.0 Å². The fourth-order valence-electron chi connectivity index (χ4n) is 2.01. The summed E-state index contributed by atoms with van der Waals surface area (Å²) in [4.78, 5) is 4.30. The lowest BCUT2D eigenvalue weighted by atomic mass is 10.1. The first kappa shape index (κ1) is 19.1. The van der Waals surface area contributed by atoms with Crippen LogP contribution in [0.15, 0.2) is 53.5 Å². The zero-order valence-corrected chi connectivity index (χ0v) is 15.4. The zero-order valence-electron chi connectivity index (χ0n) is 13.0. The van der Waals surface area contributed by atoms with Crippen LogP contribution in [0.3, 0.4) is 0 Å². The highest BCUT2D eigenvalue weighted by molar-refractivity contribution is 14.0. The third kappa shape index (κ3) is 6.77. The normalized spacial score (nSPS) is 10.7. The number of rotatable bonds is 6. The summed E-state index contributed by atoms with van der Waals surface area (Å²) >= 11 is 0.